The van der Waals surface area contributed by atoms with Crippen molar-refractivity contribution in [1.82, 2.24) is 10.2 Å². The molecule has 2 amide bonds. The van der Waals surface area contributed by atoms with Crippen molar-refractivity contribution in [3.63, 3.8) is 0 Å². The first kappa shape index (κ1) is 15.1. The molecule has 1 heterocycles. The summed E-state index contributed by atoms with van der Waals surface area (Å²) in [5.41, 5.74) is 1.27. The fraction of sp³-hybridized carbons (Fsp3) is 0.750. The molecule has 20 heavy (non-hydrogen) atoms. The molecule has 2 aliphatic rings. The Bertz CT molecular complexity index is 449. The van der Waals surface area contributed by atoms with E-state index in [1.54, 1.807) is 4.90 Å². The molecule has 0 spiro atoms. The van der Waals surface area contributed by atoms with Crippen LogP contribution in [0.15, 0.2) is 11.6 Å². The number of hydrogen-bond acceptors (Lipinski definition) is 2. The quantitative estimate of drug-likeness (QED) is 0.802. The molecule has 0 aromatic heterocycles. The first-order chi connectivity index (χ1) is 9.30. The molecule has 1 saturated heterocycles. The number of piperazine rings is 1. The van der Waals surface area contributed by atoms with E-state index in [1.165, 1.54) is 5.57 Å². The zero-order chi connectivity index (χ0) is 15.1. The molecule has 2 fully saturated rings. The second-order valence-electron chi connectivity index (χ2n) is 6.82. The zero-order valence-corrected chi connectivity index (χ0v) is 13.2. The van der Waals surface area contributed by atoms with Crippen LogP contribution in [0.4, 0.5) is 0 Å². The van der Waals surface area contributed by atoms with Crippen LogP contribution in [0.5, 0.6) is 0 Å². The van der Waals surface area contributed by atoms with Crippen LogP contribution < -0.4 is 5.32 Å². The highest BCUT2D eigenvalue weighted by molar-refractivity contribution is 5.91. The van der Waals surface area contributed by atoms with E-state index in [2.05, 4.69) is 39.1 Å². The topological polar surface area (TPSA) is 49.4 Å². The van der Waals surface area contributed by atoms with Crippen molar-refractivity contribution >= 4 is 11.8 Å². The summed E-state index contributed by atoms with van der Waals surface area (Å²) in [4.78, 5) is 26.5. The molecule has 0 aromatic carbocycles. The number of amides is 2. The Morgan fingerprint density at radius 2 is 2.10 bits per heavy atom. The van der Waals surface area contributed by atoms with E-state index in [9.17, 15) is 9.59 Å². The van der Waals surface area contributed by atoms with Gasteiger partial charge in [-0.2, -0.15) is 0 Å². The minimum Gasteiger partial charge on any atom is -0.353 e. The van der Waals surface area contributed by atoms with Crippen molar-refractivity contribution < 1.29 is 9.59 Å². The van der Waals surface area contributed by atoms with Crippen LogP contribution in [-0.4, -0.2) is 35.8 Å². The maximum Gasteiger partial charge on any atom is 0.242 e. The highest BCUT2D eigenvalue weighted by Gasteiger charge is 2.61. The summed E-state index contributed by atoms with van der Waals surface area (Å²) in [5.74, 6) is 0.475. The number of carbonyl (C=O) groups is 2. The number of rotatable bonds is 3. The van der Waals surface area contributed by atoms with Gasteiger partial charge in [-0.05, 0) is 31.6 Å². The van der Waals surface area contributed by atoms with Crippen LogP contribution in [0.25, 0.3) is 0 Å². The van der Waals surface area contributed by atoms with E-state index < -0.39 is 0 Å². The number of nitrogens with one attached hydrogen (secondary N) is 1. The van der Waals surface area contributed by atoms with Gasteiger partial charge in [0.2, 0.25) is 11.8 Å². The Kier molecular flexibility index (Phi) is 3.94. The summed E-state index contributed by atoms with van der Waals surface area (Å²) in [7, 11) is 0. The highest BCUT2D eigenvalue weighted by atomic mass is 16.2. The van der Waals surface area contributed by atoms with Gasteiger partial charge in [-0.3, -0.25) is 9.59 Å². The van der Waals surface area contributed by atoms with E-state index in [-0.39, 0.29) is 29.2 Å². The molecule has 112 valence electrons. The third kappa shape index (κ3) is 2.48. The van der Waals surface area contributed by atoms with Gasteiger partial charge in [-0.1, -0.05) is 32.4 Å². The second kappa shape index (κ2) is 5.23. The summed E-state index contributed by atoms with van der Waals surface area (Å²) in [5, 5.41) is 2.85. The second-order valence-corrected chi connectivity index (χ2v) is 6.82. The third-order valence-electron chi connectivity index (χ3n) is 4.69. The number of allylic oxidation sites excluding steroid dienone is 2. The highest BCUT2D eigenvalue weighted by Crippen LogP contribution is 2.60. The van der Waals surface area contributed by atoms with E-state index in [0.29, 0.717) is 25.4 Å². The maximum atomic E-state index is 12.8. The Morgan fingerprint density at radius 1 is 1.45 bits per heavy atom. The predicted octanol–water partition coefficient (Wildman–Crippen LogP) is 1.96. The van der Waals surface area contributed by atoms with Crippen LogP contribution in [0.3, 0.4) is 0 Å². The minimum atomic E-state index is -0.292. The van der Waals surface area contributed by atoms with Gasteiger partial charge in [0.25, 0.3) is 0 Å². The van der Waals surface area contributed by atoms with Gasteiger partial charge < -0.3 is 10.2 Å². The standard InChI is InChI=1S/C16H26N2O2/c1-6-12-14(19)17-7-8-18(12)15(20)13-11(9-10(2)3)16(13,4)5/h9,11-13H,6-8H2,1-5H3,(H,17,19). The lowest BCUT2D eigenvalue weighted by molar-refractivity contribution is -0.144. The van der Waals surface area contributed by atoms with Gasteiger partial charge in [-0.15, -0.1) is 0 Å². The summed E-state index contributed by atoms with van der Waals surface area (Å²) in [6.45, 7) is 11.6. The molecule has 4 heteroatoms. The SMILES string of the molecule is CCC1C(=O)NCCN1C(=O)C1C(C=C(C)C)C1(C)C. The Morgan fingerprint density at radius 3 is 2.65 bits per heavy atom. The van der Waals surface area contributed by atoms with Crippen LogP contribution in [0, 0.1) is 17.3 Å². The van der Waals surface area contributed by atoms with Crippen LogP contribution in [-0.2, 0) is 9.59 Å². The van der Waals surface area contributed by atoms with Crippen molar-refractivity contribution in [2.24, 2.45) is 17.3 Å². The summed E-state index contributed by atoms with van der Waals surface area (Å²) < 4.78 is 0. The van der Waals surface area contributed by atoms with E-state index in [0.717, 1.165) is 0 Å². The van der Waals surface area contributed by atoms with Crippen LogP contribution in [0.2, 0.25) is 0 Å². The molecule has 1 saturated carbocycles. The summed E-state index contributed by atoms with van der Waals surface area (Å²) >= 11 is 0. The molecular formula is C16H26N2O2. The maximum absolute atomic E-state index is 12.8. The van der Waals surface area contributed by atoms with Crippen LogP contribution >= 0.6 is 0 Å². The van der Waals surface area contributed by atoms with Crippen molar-refractivity contribution in [2.45, 2.75) is 47.1 Å². The van der Waals surface area contributed by atoms with Gasteiger partial charge in [0.15, 0.2) is 0 Å². The predicted molar refractivity (Wildman–Crippen MR) is 79.0 cm³/mol. The van der Waals surface area contributed by atoms with Gasteiger partial charge >= 0.3 is 0 Å². The molecule has 1 N–H and O–H groups in total. The average Bonchev–Trinajstić information content (AvgIpc) is 2.88. The number of hydrogen-bond donors (Lipinski definition) is 1. The van der Waals surface area contributed by atoms with E-state index in [4.69, 9.17) is 0 Å². The third-order valence-corrected chi connectivity index (χ3v) is 4.69. The molecule has 0 radical (unpaired) electrons. The molecule has 2 rings (SSSR count). The number of nitrogens with zero attached hydrogens (tertiary/aromatic N) is 1. The monoisotopic (exact) mass is 278 g/mol. The molecule has 0 aromatic rings. The summed E-state index contributed by atoms with van der Waals surface area (Å²) in [6, 6.07) is -0.292. The lowest BCUT2D eigenvalue weighted by Crippen LogP contribution is -2.57. The zero-order valence-electron chi connectivity index (χ0n) is 13.2. The van der Waals surface area contributed by atoms with Gasteiger partial charge in [-0.25, -0.2) is 0 Å². The van der Waals surface area contributed by atoms with Crippen molar-refractivity contribution in [3.8, 4) is 0 Å². The molecule has 0 bridgehead atoms. The largest absolute Gasteiger partial charge is 0.353 e. The molecule has 4 nitrogen and oxygen atoms in total. The van der Waals surface area contributed by atoms with E-state index >= 15 is 0 Å². The molecule has 1 aliphatic carbocycles. The Labute approximate surface area is 121 Å². The number of carbonyl (C=O) groups excluding carboxylic acids is 2. The average molecular weight is 278 g/mol. The van der Waals surface area contributed by atoms with E-state index in [1.807, 2.05) is 6.92 Å². The fourth-order valence-corrected chi connectivity index (χ4v) is 3.38. The Balaban J connectivity index is 2.15. The summed E-state index contributed by atoms with van der Waals surface area (Å²) in [6.07, 6.45) is 2.88. The smallest absolute Gasteiger partial charge is 0.242 e. The van der Waals surface area contributed by atoms with Crippen LogP contribution in [0.1, 0.15) is 41.0 Å². The first-order valence-electron chi connectivity index (χ1n) is 7.54. The molecule has 1 aliphatic heterocycles. The first-order valence-corrected chi connectivity index (χ1v) is 7.54. The lowest BCUT2D eigenvalue weighted by atomic mass is 10.1. The normalized spacial score (nSPS) is 31.6. The Hall–Kier alpha value is -1.32. The fourth-order valence-electron chi connectivity index (χ4n) is 3.38. The van der Waals surface area contributed by atoms with Gasteiger partial charge in [0.05, 0.1) is 5.92 Å². The lowest BCUT2D eigenvalue weighted by Gasteiger charge is -2.35. The molecule has 3 unspecified atom stereocenters. The minimum absolute atomic E-state index is 0.00989. The molecule has 3 atom stereocenters. The van der Waals surface area contributed by atoms with Crippen molar-refractivity contribution in [1.29, 1.82) is 0 Å². The van der Waals surface area contributed by atoms with Gasteiger partial charge in [0.1, 0.15) is 6.04 Å². The van der Waals surface area contributed by atoms with Crippen molar-refractivity contribution in [3.05, 3.63) is 11.6 Å². The van der Waals surface area contributed by atoms with Crippen molar-refractivity contribution in [2.75, 3.05) is 13.1 Å². The van der Waals surface area contributed by atoms with Gasteiger partial charge in [0, 0.05) is 13.1 Å². The molecular weight excluding hydrogens is 252 g/mol.